The van der Waals surface area contributed by atoms with Crippen LogP contribution in [0.4, 0.5) is 0 Å². The number of aromatic nitrogens is 2. The van der Waals surface area contributed by atoms with Crippen molar-refractivity contribution in [1.29, 1.82) is 0 Å². The van der Waals surface area contributed by atoms with Crippen molar-refractivity contribution in [3.63, 3.8) is 0 Å². The van der Waals surface area contributed by atoms with E-state index in [1.54, 1.807) is 25.1 Å². The summed E-state index contributed by atoms with van der Waals surface area (Å²) < 4.78 is 21.5. The number of carbonyl (C=O) groups is 1. The zero-order valence-electron chi connectivity index (χ0n) is 14.8. The van der Waals surface area contributed by atoms with E-state index in [0.29, 0.717) is 28.0 Å². The highest BCUT2D eigenvalue weighted by Crippen LogP contribution is 2.40. The predicted octanol–water partition coefficient (Wildman–Crippen LogP) is 4.44. The molecule has 0 fully saturated rings. The highest BCUT2D eigenvalue weighted by Gasteiger charge is 2.19. The fourth-order valence-corrected chi connectivity index (χ4v) is 2.88. The first-order valence-electron chi connectivity index (χ1n) is 8.47. The van der Waals surface area contributed by atoms with E-state index in [0.717, 1.165) is 5.56 Å². The van der Waals surface area contributed by atoms with E-state index in [4.69, 9.17) is 30.2 Å². The Labute approximate surface area is 165 Å². The number of carbonyl (C=O) groups excluding carboxylic acids is 1. The van der Waals surface area contributed by atoms with E-state index < -0.39 is 12.1 Å². The van der Waals surface area contributed by atoms with Crippen molar-refractivity contribution in [2.24, 2.45) is 0 Å². The lowest BCUT2D eigenvalue weighted by atomic mass is 10.2. The number of fused-ring (bicyclic) bond motifs is 1. The van der Waals surface area contributed by atoms with Gasteiger partial charge in [-0.15, -0.1) is 10.2 Å². The summed E-state index contributed by atoms with van der Waals surface area (Å²) in [5, 5.41) is 8.35. The van der Waals surface area contributed by atoms with Crippen LogP contribution in [0.15, 0.2) is 53.0 Å². The number of esters is 1. The van der Waals surface area contributed by atoms with E-state index in [2.05, 4.69) is 10.2 Å². The molecule has 0 radical (unpaired) electrons. The normalized spacial score (nSPS) is 13.6. The van der Waals surface area contributed by atoms with Crippen molar-refractivity contribution in [3.05, 3.63) is 65.0 Å². The van der Waals surface area contributed by atoms with Crippen molar-refractivity contribution in [1.82, 2.24) is 10.2 Å². The minimum absolute atomic E-state index is 0.122. The summed E-state index contributed by atoms with van der Waals surface area (Å²) >= 11 is 6.12. The lowest BCUT2D eigenvalue weighted by molar-refractivity contribution is -0.143. The van der Waals surface area contributed by atoms with E-state index in [9.17, 15) is 4.79 Å². The molecule has 0 bridgehead atoms. The van der Waals surface area contributed by atoms with Gasteiger partial charge in [-0.2, -0.15) is 0 Å². The lowest BCUT2D eigenvalue weighted by Crippen LogP contribution is -2.06. The fourth-order valence-electron chi connectivity index (χ4n) is 2.61. The molecule has 1 aliphatic rings. The molecule has 2 heterocycles. The average molecular weight is 399 g/mol. The molecule has 0 unspecified atom stereocenters. The molecular weight excluding hydrogens is 384 g/mol. The van der Waals surface area contributed by atoms with Crippen LogP contribution in [-0.4, -0.2) is 23.0 Å². The lowest BCUT2D eigenvalue weighted by Gasteiger charge is -2.07. The van der Waals surface area contributed by atoms with Gasteiger partial charge >= 0.3 is 5.97 Å². The average Bonchev–Trinajstić information content (AvgIpc) is 3.37. The van der Waals surface area contributed by atoms with Crippen LogP contribution in [0.3, 0.4) is 0 Å². The molecule has 8 heteroatoms. The summed E-state index contributed by atoms with van der Waals surface area (Å²) in [6.07, 6.45) is 2.17. The summed E-state index contributed by atoms with van der Waals surface area (Å²) in [6.45, 7) is 1.78. The maximum atomic E-state index is 12.1. The standard InChI is InChI=1S/C20H15ClN2O5/c1-12(19-22-23-20(28-19)14-5-3-2-4-6-14)27-17(24)8-7-13-9-15(21)18-16(10-13)25-11-26-18/h2-10,12H,11H2,1H3/b8-7+/t12-/m0/s1. The van der Waals surface area contributed by atoms with Crippen LogP contribution in [0, 0.1) is 0 Å². The quantitative estimate of drug-likeness (QED) is 0.464. The zero-order valence-corrected chi connectivity index (χ0v) is 15.6. The van der Waals surface area contributed by atoms with Gasteiger partial charge in [0.25, 0.3) is 5.89 Å². The number of benzene rings is 2. The molecule has 0 N–H and O–H groups in total. The molecule has 142 valence electrons. The Kier molecular flexibility index (Phi) is 4.99. The first kappa shape index (κ1) is 18.1. The number of nitrogens with zero attached hydrogens (tertiary/aromatic N) is 2. The Morgan fingerprint density at radius 2 is 2.04 bits per heavy atom. The van der Waals surface area contributed by atoms with Crippen LogP contribution < -0.4 is 9.47 Å². The second-order valence-corrected chi connectivity index (χ2v) is 6.37. The third-order valence-electron chi connectivity index (χ3n) is 3.96. The second kappa shape index (κ2) is 7.74. The molecule has 2 aromatic carbocycles. The predicted molar refractivity (Wildman–Crippen MR) is 101 cm³/mol. The van der Waals surface area contributed by atoms with Gasteiger partial charge in [0.05, 0.1) is 5.02 Å². The van der Waals surface area contributed by atoms with E-state index >= 15 is 0 Å². The first-order chi connectivity index (χ1) is 13.6. The largest absolute Gasteiger partial charge is 0.454 e. The number of rotatable bonds is 5. The Hall–Kier alpha value is -3.32. The molecule has 28 heavy (non-hydrogen) atoms. The summed E-state index contributed by atoms with van der Waals surface area (Å²) in [6, 6.07) is 12.7. The number of ether oxygens (including phenoxy) is 3. The molecule has 7 nitrogen and oxygen atoms in total. The minimum atomic E-state index is -0.692. The van der Waals surface area contributed by atoms with Crippen LogP contribution in [0.25, 0.3) is 17.5 Å². The highest BCUT2D eigenvalue weighted by molar-refractivity contribution is 6.32. The van der Waals surface area contributed by atoms with Gasteiger partial charge in [-0.05, 0) is 42.8 Å². The maximum absolute atomic E-state index is 12.1. The van der Waals surface area contributed by atoms with Crippen molar-refractivity contribution in [3.8, 4) is 23.0 Å². The van der Waals surface area contributed by atoms with Crippen molar-refractivity contribution in [2.45, 2.75) is 13.0 Å². The van der Waals surface area contributed by atoms with Gasteiger partial charge in [0.1, 0.15) is 0 Å². The summed E-state index contributed by atoms with van der Waals surface area (Å²) in [5.41, 5.74) is 1.47. The van der Waals surface area contributed by atoms with Crippen LogP contribution >= 0.6 is 11.6 Å². The third-order valence-corrected chi connectivity index (χ3v) is 4.24. The van der Waals surface area contributed by atoms with Gasteiger partial charge in [0, 0.05) is 11.6 Å². The Morgan fingerprint density at radius 3 is 2.86 bits per heavy atom. The minimum Gasteiger partial charge on any atom is -0.454 e. The molecule has 1 aliphatic heterocycles. The van der Waals surface area contributed by atoms with Crippen LogP contribution in [0.1, 0.15) is 24.5 Å². The van der Waals surface area contributed by atoms with E-state index in [1.807, 2.05) is 30.3 Å². The van der Waals surface area contributed by atoms with E-state index in [-0.39, 0.29) is 12.7 Å². The zero-order chi connectivity index (χ0) is 19.5. The molecule has 1 aromatic heterocycles. The maximum Gasteiger partial charge on any atom is 0.331 e. The van der Waals surface area contributed by atoms with Gasteiger partial charge in [-0.25, -0.2) is 4.79 Å². The summed E-state index contributed by atoms with van der Waals surface area (Å²) in [5.74, 6) is 1.06. The first-order valence-corrected chi connectivity index (χ1v) is 8.84. The smallest absolute Gasteiger partial charge is 0.331 e. The molecule has 0 amide bonds. The molecule has 0 saturated carbocycles. The molecule has 3 aromatic rings. The van der Waals surface area contributed by atoms with Crippen molar-refractivity contribution in [2.75, 3.05) is 6.79 Å². The molecule has 0 aliphatic carbocycles. The number of halogens is 1. The van der Waals surface area contributed by atoms with E-state index in [1.165, 1.54) is 6.08 Å². The van der Waals surface area contributed by atoms with Gasteiger partial charge in [-0.3, -0.25) is 0 Å². The number of hydrogen-bond acceptors (Lipinski definition) is 7. The fraction of sp³-hybridized carbons (Fsp3) is 0.150. The Bertz CT molecular complexity index is 1030. The third kappa shape index (κ3) is 3.84. The van der Waals surface area contributed by atoms with Gasteiger partial charge in [-0.1, -0.05) is 29.8 Å². The molecule has 1 atom stereocenters. The topological polar surface area (TPSA) is 83.7 Å². The molecule has 0 spiro atoms. The molecule has 0 saturated heterocycles. The highest BCUT2D eigenvalue weighted by atomic mass is 35.5. The van der Waals surface area contributed by atoms with Gasteiger partial charge in [0.15, 0.2) is 17.6 Å². The van der Waals surface area contributed by atoms with Gasteiger partial charge in [0.2, 0.25) is 12.7 Å². The molecule has 4 rings (SSSR count). The van der Waals surface area contributed by atoms with Crippen LogP contribution in [-0.2, 0) is 9.53 Å². The second-order valence-electron chi connectivity index (χ2n) is 5.96. The number of hydrogen-bond donors (Lipinski definition) is 0. The monoisotopic (exact) mass is 398 g/mol. The Balaban J connectivity index is 1.41. The molecular formula is C20H15ClN2O5. The summed E-state index contributed by atoms with van der Waals surface area (Å²) in [4.78, 5) is 12.1. The van der Waals surface area contributed by atoms with Crippen LogP contribution in [0.2, 0.25) is 5.02 Å². The van der Waals surface area contributed by atoms with Crippen molar-refractivity contribution >= 4 is 23.6 Å². The van der Waals surface area contributed by atoms with Crippen LogP contribution in [0.5, 0.6) is 11.5 Å². The summed E-state index contributed by atoms with van der Waals surface area (Å²) in [7, 11) is 0. The van der Waals surface area contributed by atoms with Crippen molar-refractivity contribution < 1.29 is 23.4 Å². The SMILES string of the molecule is C[C@H](OC(=O)/C=C/c1cc(Cl)c2c(c1)OCO2)c1nnc(-c2ccccc2)o1. The Morgan fingerprint density at radius 1 is 1.21 bits per heavy atom. The van der Waals surface area contributed by atoms with Gasteiger partial charge < -0.3 is 18.6 Å².